The molecule has 0 saturated heterocycles. The lowest BCUT2D eigenvalue weighted by Gasteiger charge is -2.18. The molecule has 2 heterocycles. The van der Waals surface area contributed by atoms with Crippen LogP contribution in [0.15, 0.2) is 18.2 Å². The van der Waals surface area contributed by atoms with Crippen molar-refractivity contribution in [1.29, 1.82) is 0 Å². The van der Waals surface area contributed by atoms with E-state index in [9.17, 15) is 4.79 Å². The van der Waals surface area contributed by atoms with Gasteiger partial charge in [0.2, 0.25) is 0 Å². The Morgan fingerprint density at radius 1 is 1.35 bits per heavy atom. The molecule has 122 valence electrons. The number of ether oxygens (including phenoxy) is 2. The molecular formula is C16H19N3O3S. The first-order chi connectivity index (χ1) is 11.0. The van der Waals surface area contributed by atoms with Gasteiger partial charge in [-0.25, -0.2) is 4.98 Å². The van der Waals surface area contributed by atoms with Crippen LogP contribution in [0.4, 0.5) is 16.6 Å². The number of hydrogen-bond acceptors (Lipinski definition) is 7. The normalized spacial score (nSPS) is 13.2. The molecule has 0 aliphatic carbocycles. The van der Waals surface area contributed by atoms with Crippen LogP contribution in [0.3, 0.4) is 0 Å². The zero-order valence-electron chi connectivity index (χ0n) is 13.1. The third kappa shape index (κ3) is 3.56. The SMILES string of the molecule is CC(C)CC(=O)c1sc(Nc2ccc3c(c2)OCCO3)nc1N. The van der Waals surface area contributed by atoms with Crippen molar-refractivity contribution in [3.63, 3.8) is 0 Å². The number of nitrogen functional groups attached to an aromatic ring is 1. The molecule has 23 heavy (non-hydrogen) atoms. The number of carbonyl (C=O) groups excluding carboxylic acids is 1. The highest BCUT2D eigenvalue weighted by Crippen LogP contribution is 2.35. The zero-order valence-corrected chi connectivity index (χ0v) is 13.9. The van der Waals surface area contributed by atoms with E-state index in [0.717, 1.165) is 11.4 Å². The fourth-order valence-electron chi connectivity index (χ4n) is 2.29. The summed E-state index contributed by atoms with van der Waals surface area (Å²) < 4.78 is 11.0. The van der Waals surface area contributed by atoms with Gasteiger partial charge in [-0.1, -0.05) is 25.2 Å². The van der Waals surface area contributed by atoms with Crippen LogP contribution in [0.2, 0.25) is 0 Å². The van der Waals surface area contributed by atoms with Crippen LogP contribution in [0.1, 0.15) is 29.9 Å². The summed E-state index contributed by atoms with van der Waals surface area (Å²) in [7, 11) is 0. The lowest BCUT2D eigenvalue weighted by Crippen LogP contribution is -2.15. The molecule has 0 amide bonds. The second-order valence-corrected chi connectivity index (χ2v) is 6.74. The number of nitrogens with one attached hydrogen (secondary N) is 1. The first-order valence-electron chi connectivity index (χ1n) is 7.49. The molecule has 7 heteroatoms. The topological polar surface area (TPSA) is 86.5 Å². The summed E-state index contributed by atoms with van der Waals surface area (Å²) in [6.45, 7) is 5.10. The van der Waals surface area contributed by atoms with Gasteiger partial charge >= 0.3 is 0 Å². The molecule has 1 aliphatic rings. The maximum atomic E-state index is 12.2. The van der Waals surface area contributed by atoms with Crippen LogP contribution in [-0.4, -0.2) is 24.0 Å². The van der Waals surface area contributed by atoms with E-state index in [-0.39, 0.29) is 11.6 Å². The van der Waals surface area contributed by atoms with E-state index in [1.165, 1.54) is 11.3 Å². The Hall–Kier alpha value is -2.28. The van der Waals surface area contributed by atoms with Crippen molar-refractivity contribution in [3.05, 3.63) is 23.1 Å². The zero-order chi connectivity index (χ0) is 16.4. The maximum Gasteiger partial charge on any atom is 0.189 e. The number of Topliss-reactive ketones (excluding diaryl/α,β-unsaturated/α-hetero) is 1. The highest BCUT2D eigenvalue weighted by atomic mass is 32.1. The van der Waals surface area contributed by atoms with Gasteiger partial charge in [-0.05, 0) is 18.1 Å². The van der Waals surface area contributed by atoms with Gasteiger partial charge in [-0.15, -0.1) is 0 Å². The first kappa shape index (κ1) is 15.6. The number of nitrogens with zero attached hydrogens (tertiary/aromatic N) is 1. The third-order valence-corrected chi connectivity index (χ3v) is 4.32. The molecule has 0 radical (unpaired) electrons. The molecule has 6 nitrogen and oxygen atoms in total. The van der Waals surface area contributed by atoms with E-state index < -0.39 is 0 Å². The lowest BCUT2D eigenvalue weighted by atomic mass is 10.1. The molecule has 2 aromatic rings. The Morgan fingerprint density at radius 3 is 2.83 bits per heavy atom. The Bertz CT molecular complexity index is 727. The maximum absolute atomic E-state index is 12.2. The molecule has 0 atom stereocenters. The fraction of sp³-hybridized carbons (Fsp3) is 0.375. The molecule has 3 N–H and O–H groups in total. The number of benzene rings is 1. The molecule has 0 bridgehead atoms. The highest BCUT2D eigenvalue weighted by molar-refractivity contribution is 7.18. The van der Waals surface area contributed by atoms with Crippen LogP contribution in [0, 0.1) is 5.92 Å². The van der Waals surface area contributed by atoms with Gasteiger partial charge in [0.25, 0.3) is 0 Å². The van der Waals surface area contributed by atoms with E-state index in [1.807, 2.05) is 32.0 Å². The summed E-state index contributed by atoms with van der Waals surface area (Å²) in [6.07, 6.45) is 0.468. The van der Waals surface area contributed by atoms with Gasteiger partial charge in [0.05, 0.1) is 0 Å². The second kappa shape index (κ2) is 6.45. The molecule has 0 saturated carbocycles. The van der Waals surface area contributed by atoms with Crippen LogP contribution >= 0.6 is 11.3 Å². The number of hydrogen-bond donors (Lipinski definition) is 2. The Balaban J connectivity index is 1.77. The van der Waals surface area contributed by atoms with Crippen LogP contribution in [0.5, 0.6) is 11.5 Å². The van der Waals surface area contributed by atoms with Gasteiger partial charge in [-0.3, -0.25) is 4.79 Å². The van der Waals surface area contributed by atoms with Crippen LogP contribution in [0.25, 0.3) is 0 Å². The number of ketones is 1. The van der Waals surface area contributed by atoms with Gasteiger partial charge in [-0.2, -0.15) is 0 Å². The number of rotatable bonds is 5. The number of nitrogens with two attached hydrogens (primary N) is 1. The third-order valence-electron chi connectivity index (χ3n) is 3.29. The van der Waals surface area contributed by atoms with Crippen molar-refractivity contribution in [3.8, 4) is 11.5 Å². The summed E-state index contributed by atoms with van der Waals surface area (Å²) in [6, 6.07) is 5.57. The summed E-state index contributed by atoms with van der Waals surface area (Å²) in [4.78, 5) is 16.9. The number of fused-ring (bicyclic) bond motifs is 1. The minimum atomic E-state index is 0.0326. The average Bonchev–Trinajstić information content (AvgIpc) is 2.87. The van der Waals surface area contributed by atoms with Gasteiger partial charge < -0.3 is 20.5 Å². The molecule has 0 unspecified atom stereocenters. The number of anilines is 3. The smallest absolute Gasteiger partial charge is 0.189 e. The minimum absolute atomic E-state index is 0.0326. The predicted molar refractivity (Wildman–Crippen MR) is 91.0 cm³/mol. The van der Waals surface area contributed by atoms with E-state index in [2.05, 4.69) is 10.3 Å². The van der Waals surface area contributed by atoms with Crippen LogP contribution < -0.4 is 20.5 Å². The Morgan fingerprint density at radius 2 is 2.09 bits per heavy atom. The van der Waals surface area contributed by atoms with Gasteiger partial charge in [0, 0.05) is 18.2 Å². The predicted octanol–water partition coefficient (Wildman–Crippen LogP) is 3.47. The van der Waals surface area contributed by atoms with Crippen molar-refractivity contribution in [2.45, 2.75) is 20.3 Å². The van der Waals surface area contributed by atoms with Crippen LogP contribution in [-0.2, 0) is 0 Å². The molecule has 1 aromatic carbocycles. The summed E-state index contributed by atoms with van der Waals surface area (Å²) in [5.74, 6) is 2.03. The molecule has 1 aliphatic heterocycles. The Labute approximate surface area is 138 Å². The molecule has 0 fully saturated rings. The summed E-state index contributed by atoms with van der Waals surface area (Å²) >= 11 is 1.27. The monoisotopic (exact) mass is 333 g/mol. The average molecular weight is 333 g/mol. The van der Waals surface area contributed by atoms with Crippen molar-refractivity contribution in [2.75, 3.05) is 24.3 Å². The lowest BCUT2D eigenvalue weighted by molar-refractivity contribution is 0.0972. The van der Waals surface area contributed by atoms with Gasteiger partial charge in [0.1, 0.15) is 23.9 Å². The minimum Gasteiger partial charge on any atom is -0.486 e. The molecule has 3 rings (SSSR count). The quantitative estimate of drug-likeness (QED) is 0.815. The van der Waals surface area contributed by atoms with Crippen molar-refractivity contribution >= 4 is 33.8 Å². The van der Waals surface area contributed by atoms with Crippen molar-refractivity contribution in [2.24, 2.45) is 5.92 Å². The summed E-state index contributed by atoms with van der Waals surface area (Å²) in [5, 5.41) is 3.75. The van der Waals surface area contributed by atoms with E-state index in [0.29, 0.717) is 41.3 Å². The van der Waals surface area contributed by atoms with Crippen molar-refractivity contribution in [1.82, 2.24) is 4.98 Å². The largest absolute Gasteiger partial charge is 0.486 e. The highest BCUT2D eigenvalue weighted by Gasteiger charge is 2.18. The molecule has 0 spiro atoms. The van der Waals surface area contributed by atoms with E-state index in [1.54, 1.807) is 0 Å². The van der Waals surface area contributed by atoms with E-state index in [4.69, 9.17) is 15.2 Å². The fourth-order valence-corrected chi connectivity index (χ4v) is 3.15. The second-order valence-electron chi connectivity index (χ2n) is 5.74. The number of aromatic nitrogens is 1. The van der Waals surface area contributed by atoms with Crippen molar-refractivity contribution < 1.29 is 14.3 Å². The number of carbonyl (C=O) groups is 1. The first-order valence-corrected chi connectivity index (χ1v) is 8.30. The number of thiazole rings is 1. The Kier molecular flexibility index (Phi) is 4.38. The summed E-state index contributed by atoms with van der Waals surface area (Å²) in [5.41, 5.74) is 6.69. The van der Waals surface area contributed by atoms with E-state index >= 15 is 0 Å². The standard InChI is InChI=1S/C16H19N3O3S/c1-9(2)7-11(20)14-15(17)19-16(23-14)18-10-3-4-12-13(8-10)22-6-5-21-12/h3-4,8-9H,5-7,17H2,1-2H3,(H,18,19). The molecule has 1 aromatic heterocycles. The molecular weight excluding hydrogens is 314 g/mol. The van der Waals surface area contributed by atoms with Gasteiger partial charge in [0.15, 0.2) is 22.4 Å².